The highest BCUT2D eigenvalue weighted by Gasteiger charge is 2.58. The van der Waals surface area contributed by atoms with Gasteiger partial charge in [-0.05, 0) is 60.6 Å². The molecule has 1 N–H and O–H groups in total. The standard InChI is InChI=1S/C31H39ClN4O6S/c1-22(37)35-11-9-31(10-12-35)18-27(31)30(39)33-19-29(38)36-15-13-34(14-16-36)20-24-17-25(32)5-8-28(24)42-21-23-3-6-26(7-4-23)43(2,40)41/h3-8,17,27H,9-16,18-21H2,1-2H3,(H,33,39). The Hall–Kier alpha value is -3.15. The van der Waals surface area contributed by atoms with Crippen LogP contribution in [0.5, 0.6) is 5.75 Å². The molecule has 232 valence electrons. The van der Waals surface area contributed by atoms with E-state index < -0.39 is 9.84 Å². The summed E-state index contributed by atoms with van der Waals surface area (Å²) in [7, 11) is -3.26. The molecular formula is C31H39ClN4O6S. The van der Waals surface area contributed by atoms with Gasteiger partial charge in [0.2, 0.25) is 17.7 Å². The molecule has 3 amide bonds. The van der Waals surface area contributed by atoms with Crippen LogP contribution < -0.4 is 10.1 Å². The third kappa shape index (κ3) is 7.69. The fourth-order valence-corrected chi connectivity index (χ4v) is 6.96. The van der Waals surface area contributed by atoms with Crippen LogP contribution in [-0.4, -0.2) is 92.9 Å². The van der Waals surface area contributed by atoms with E-state index in [0.717, 1.165) is 30.4 Å². The molecule has 43 heavy (non-hydrogen) atoms. The number of piperidine rings is 1. The number of nitrogens with zero attached hydrogens (tertiary/aromatic N) is 3. The monoisotopic (exact) mass is 630 g/mol. The van der Waals surface area contributed by atoms with Crippen LogP contribution in [0.4, 0.5) is 0 Å². The molecule has 0 aromatic heterocycles. The van der Waals surface area contributed by atoms with E-state index in [4.69, 9.17) is 16.3 Å². The van der Waals surface area contributed by atoms with Gasteiger partial charge in [0.15, 0.2) is 9.84 Å². The van der Waals surface area contributed by atoms with Crippen LogP contribution in [0.1, 0.15) is 37.3 Å². The van der Waals surface area contributed by atoms with Crippen molar-refractivity contribution in [1.29, 1.82) is 0 Å². The molecule has 3 aliphatic rings. The highest BCUT2D eigenvalue weighted by molar-refractivity contribution is 7.90. The molecule has 5 rings (SSSR count). The molecule has 1 unspecified atom stereocenters. The summed E-state index contributed by atoms with van der Waals surface area (Å²) in [5.74, 6) is 0.584. The summed E-state index contributed by atoms with van der Waals surface area (Å²) in [5.41, 5.74) is 1.78. The third-order valence-electron chi connectivity index (χ3n) is 9.01. The zero-order valence-electron chi connectivity index (χ0n) is 24.7. The Morgan fingerprint density at radius 1 is 0.977 bits per heavy atom. The topological polar surface area (TPSA) is 116 Å². The summed E-state index contributed by atoms with van der Waals surface area (Å²) in [4.78, 5) is 43.4. The first-order valence-electron chi connectivity index (χ1n) is 14.7. The Bertz CT molecular complexity index is 1470. The second-order valence-electron chi connectivity index (χ2n) is 12.0. The average Bonchev–Trinajstić information content (AvgIpc) is 3.68. The van der Waals surface area contributed by atoms with E-state index >= 15 is 0 Å². The van der Waals surface area contributed by atoms with Crippen LogP contribution in [0.25, 0.3) is 0 Å². The predicted octanol–water partition coefficient (Wildman–Crippen LogP) is 2.73. The quantitative estimate of drug-likeness (QED) is 0.453. The van der Waals surface area contributed by atoms with E-state index in [1.807, 2.05) is 17.0 Å². The zero-order chi connectivity index (χ0) is 30.8. The maximum absolute atomic E-state index is 12.9. The fourth-order valence-electron chi connectivity index (χ4n) is 6.14. The van der Waals surface area contributed by atoms with Crippen molar-refractivity contribution in [2.75, 3.05) is 52.1 Å². The van der Waals surface area contributed by atoms with E-state index in [9.17, 15) is 22.8 Å². The molecule has 1 aliphatic carbocycles. The number of carbonyl (C=O) groups is 3. The lowest BCUT2D eigenvalue weighted by Gasteiger charge is -2.35. The minimum Gasteiger partial charge on any atom is -0.489 e. The van der Waals surface area contributed by atoms with E-state index in [2.05, 4.69) is 10.2 Å². The van der Waals surface area contributed by atoms with Crippen molar-refractivity contribution in [3.05, 3.63) is 58.6 Å². The number of rotatable bonds is 9. The first kappa shape index (κ1) is 31.3. The Morgan fingerprint density at radius 2 is 1.65 bits per heavy atom. The minimum atomic E-state index is -3.26. The fraction of sp³-hybridized carbons (Fsp3) is 0.516. The van der Waals surface area contributed by atoms with Gasteiger partial charge in [0.1, 0.15) is 12.4 Å². The summed E-state index contributed by atoms with van der Waals surface area (Å²) in [6.07, 6.45) is 3.71. The van der Waals surface area contributed by atoms with Gasteiger partial charge < -0.3 is 19.9 Å². The van der Waals surface area contributed by atoms with Crippen molar-refractivity contribution < 1.29 is 27.5 Å². The molecule has 0 radical (unpaired) electrons. The number of amides is 3. The van der Waals surface area contributed by atoms with Crippen LogP contribution >= 0.6 is 11.6 Å². The number of nitrogens with one attached hydrogen (secondary N) is 1. The molecular weight excluding hydrogens is 592 g/mol. The maximum Gasteiger partial charge on any atom is 0.242 e. The lowest BCUT2D eigenvalue weighted by Crippen LogP contribution is -2.51. The number of piperazine rings is 1. The van der Waals surface area contributed by atoms with Crippen molar-refractivity contribution in [3.8, 4) is 5.75 Å². The predicted molar refractivity (Wildman–Crippen MR) is 162 cm³/mol. The molecule has 2 heterocycles. The van der Waals surface area contributed by atoms with Crippen LogP contribution in [0, 0.1) is 11.3 Å². The molecule has 2 aliphatic heterocycles. The smallest absolute Gasteiger partial charge is 0.242 e. The summed E-state index contributed by atoms with van der Waals surface area (Å²) in [6, 6.07) is 12.1. The number of hydrogen-bond acceptors (Lipinski definition) is 7. The Labute approximate surface area is 258 Å². The number of carbonyl (C=O) groups excluding carboxylic acids is 3. The summed E-state index contributed by atoms with van der Waals surface area (Å²) >= 11 is 6.30. The Morgan fingerprint density at radius 3 is 2.28 bits per heavy atom. The van der Waals surface area contributed by atoms with Crippen LogP contribution in [0.3, 0.4) is 0 Å². The van der Waals surface area contributed by atoms with Gasteiger partial charge >= 0.3 is 0 Å². The number of sulfone groups is 1. The van der Waals surface area contributed by atoms with Crippen molar-refractivity contribution in [2.45, 2.75) is 44.2 Å². The van der Waals surface area contributed by atoms with Crippen LogP contribution in [-0.2, 0) is 37.4 Å². The van der Waals surface area contributed by atoms with Crippen molar-refractivity contribution in [2.24, 2.45) is 11.3 Å². The summed E-state index contributed by atoms with van der Waals surface area (Å²) in [5, 5.41) is 3.47. The zero-order valence-corrected chi connectivity index (χ0v) is 26.3. The van der Waals surface area contributed by atoms with Crippen LogP contribution in [0.2, 0.25) is 5.02 Å². The van der Waals surface area contributed by atoms with Gasteiger partial charge in [0.25, 0.3) is 0 Å². The molecule has 2 aromatic carbocycles. The van der Waals surface area contributed by atoms with Gasteiger partial charge in [-0.1, -0.05) is 23.7 Å². The SMILES string of the molecule is CC(=O)N1CCC2(CC1)CC2C(=O)NCC(=O)N1CCN(Cc2cc(Cl)ccc2OCc2ccc(S(C)(=O)=O)cc2)CC1. The number of ether oxygens (including phenoxy) is 1. The first-order valence-corrected chi connectivity index (χ1v) is 16.9. The van der Waals surface area contributed by atoms with Gasteiger partial charge in [-0.15, -0.1) is 0 Å². The second kappa shape index (κ2) is 12.8. The Kier molecular flexibility index (Phi) is 9.34. The van der Waals surface area contributed by atoms with Crippen LogP contribution in [0.15, 0.2) is 47.4 Å². The van der Waals surface area contributed by atoms with Gasteiger partial charge in [-0.2, -0.15) is 0 Å². The van der Waals surface area contributed by atoms with Gasteiger partial charge in [0.05, 0.1) is 11.4 Å². The highest BCUT2D eigenvalue weighted by atomic mass is 35.5. The number of likely N-dealkylation sites (tertiary alicyclic amines) is 1. The van der Waals surface area contributed by atoms with Crippen molar-refractivity contribution >= 4 is 39.2 Å². The molecule has 1 saturated carbocycles. The van der Waals surface area contributed by atoms with E-state index in [0.29, 0.717) is 56.6 Å². The highest BCUT2D eigenvalue weighted by Crippen LogP contribution is 2.59. The molecule has 2 aromatic rings. The molecule has 0 bridgehead atoms. The van der Waals surface area contributed by atoms with E-state index in [1.165, 1.54) is 6.26 Å². The lowest BCUT2D eigenvalue weighted by molar-refractivity contribution is -0.135. The second-order valence-corrected chi connectivity index (χ2v) is 14.4. The third-order valence-corrected chi connectivity index (χ3v) is 10.4. The van der Waals surface area contributed by atoms with E-state index in [1.54, 1.807) is 42.2 Å². The largest absolute Gasteiger partial charge is 0.489 e. The minimum absolute atomic E-state index is 0.00241. The number of hydrogen-bond donors (Lipinski definition) is 1. The lowest BCUT2D eigenvalue weighted by atomic mass is 9.90. The molecule has 10 nitrogen and oxygen atoms in total. The average molecular weight is 631 g/mol. The summed E-state index contributed by atoms with van der Waals surface area (Å²) < 4.78 is 29.5. The summed E-state index contributed by atoms with van der Waals surface area (Å²) in [6.45, 7) is 6.35. The Balaban J connectivity index is 1.06. The molecule has 1 spiro atoms. The molecule has 2 saturated heterocycles. The number of benzene rings is 2. The molecule has 1 atom stereocenters. The van der Waals surface area contributed by atoms with Gasteiger partial charge in [-0.3, -0.25) is 19.3 Å². The van der Waals surface area contributed by atoms with Crippen molar-refractivity contribution in [3.63, 3.8) is 0 Å². The van der Waals surface area contributed by atoms with Gasteiger partial charge in [-0.25, -0.2) is 8.42 Å². The van der Waals surface area contributed by atoms with Crippen molar-refractivity contribution in [1.82, 2.24) is 20.0 Å². The van der Waals surface area contributed by atoms with Gasteiger partial charge in [0, 0.05) is 75.5 Å². The maximum atomic E-state index is 12.9. The molecule has 12 heteroatoms. The molecule has 3 fully saturated rings. The number of halogens is 1. The normalized spacial score (nSPS) is 20.1. The van der Waals surface area contributed by atoms with E-state index in [-0.39, 0.29) is 47.1 Å². The first-order chi connectivity index (χ1) is 20.4.